The highest BCUT2D eigenvalue weighted by atomic mass is 16.3. The van der Waals surface area contributed by atoms with Gasteiger partial charge >= 0.3 is 0 Å². The molecule has 5 fully saturated rings. The summed E-state index contributed by atoms with van der Waals surface area (Å²) in [5.41, 5.74) is 26.9. The lowest BCUT2D eigenvalue weighted by Crippen LogP contribution is -2.51. The van der Waals surface area contributed by atoms with E-state index in [0.29, 0.717) is 86.2 Å². The highest BCUT2D eigenvalue weighted by Crippen LogP contribution is 2.37. The van der Waals surface area contributed by atoms with Crippen LogP contribution < -0.4 is 27.1 Å². The zero-order valence-corrected chi connectivity index (χ0v) is 76.2. The van der Waals surface area contributed by atoms with E-state index in [2.05, 4.69) is 125 Å². The van der Waals surface area contributed by atoms with Crippen LogP contribution in [-0.2, 0) is 6.42 Å². The minimum atomic E-state index is -0.101. The number of anilines is 1. The Hall–Kier alpha value is -12.4. The molecule has 1 saturated carbocycles. The van der Waals surface area contributed by atoms with E-state index in [1.807, 2.05) is 156 Å². The van der Waals surface area contributed by atoms with E-state index in [9.17, 15) is 19.2 Å². The minimum Gasteiger partial charge on any atom is -0.395 e. The van der Waals surface area contributed by atoms with Gasteiger partial charge in [0.25, 0.3) is 22.2 Å². The van der Waals surface area contributed by atoms with Crippen LogP contribution in [-0.4, -0.2) is 213 Å². The molecule has 0 amide bonds. The number of nitrogens with zero attached hydrogens (tertiary/aromatic N) is 24. The normalized spacial score (nSPS) is 16.9. The maximum absolute atomic E-state index is 13.2. The second-order valence-corrected chi connectivity index (χ2v) is 36.1. The molecule has 1 atom stereocenters. The summed E-state index contributed by atoms with van der Waals surface area (Å²) in [5.74, 6) is 1.42. The Labute approximate surface area is 743 Å². The smallest absolute Gasteiger partial charge is 0.258 e. The number of rotatable bonds is 14. The second kappa shape index (κ2) is 36.0. The fraction of sp³-hybridized carbons (Fsp3) is 0.424. The SMILES string of the molecule is CCN1CCC(c2cc(C)c3nc(-c4cc5c(C)nc(C)cn5n4)cc(=O)n3c2)CC1.CCc1cc(-c2cc(=O)n3cc(N4CCN(CC)[C@H](C)C4)ccc3n2)cn2cc(C)nc12.Cc1cn2nc(-c3cc(=O)n4cc(C5CCN(C6CCC6)CC5)cc(C)c4n3)cc2c(C)n1.Cc1cn2nc(-c3cc(=O)n4cc(C5CCN(CCO)CC5)cc(C)c4n3)cc2c(C)n1. The number of piperazine rings is 1. The Kier molecular flexibility index (Phi) is 24.3. The lowest BCUT2D eigenvalue weighted by atomic mass is 9.85. The highest BCUT2D eigenvalue weighted by Gasteiger charge is 2.32. The Morgan fingerprint density at radius 1 is 0.391 bits per heavy atom. The van der Waals surface area contributed by atoms with Crippen molar-refractivity contribution >= 4 is 50.5 Å². The van der Waals surface area contributed by atoms with Crippen LogP contribution in [0.1, 0.15) is 182 Å². The molecule has 29 heteroatoms. The van der Waals surface area contributed by atoms with Gasteiger partial charge in [0, 0.05) is 105 Å². The molecule has 16 aromatic rings. The van der Waals surface area contributed by atoms with Crippen molar-refractivity contribution < 1.29 is 5.11 Å². The van der Waals surface area contributed by atoms with Gasteiger partial charge in [-0.15, -0.1) is 0 Å². The Morgan fingerprint density at radius 2 is 0.828 bits per heavy atom. The number of aryl methyl sites for hydroxylation is 11. The van der Waals surface area contributed by atoms with Crippen molar-refractivity contribution in [1.29, 1.82) is 0 Å². The van der Waals surface area contributed by atoms with Gasteiger partial charge in [0.05, 0.1) is 110 Å². The molecule has 662 valence electrons. The quantitative estimate of drug-likeness (QED) is 0.106. The molecule has 16 aromatic heterocycles. The van der Waals surface area contributed by atoms with E-state index in [0.717, 1.165) is 212 Å². The van der Waals surface area contributed by atoms with Crippen molar-refractivity contribution in [3.8, 4) is 45.4 Å². The van der Waals surface area contributed by atoms with Crippen LogP contribution in [0.3, 0.4) is 0 Å². The first-order chi connectivity index (χ1) is 61.8. The first-order valence-corrected chi connectivity index (χ1v) is 45.7. The fourth-order valence-electron chi connectivity index (χ4n) is 19.9. The van der Waals surface area contributed by atoms with Crippen LogP contribution in [0.4, 0.5) is 5.69 Å². The molecule has 5 aliphatic rings. The third-order valence-electron chi connectivity index (χ3n) is 27.1. The van der Waals surface area contributed by atoms with Gasteiger partial charge in [-0.05, 0) is 279 Å². The number of pyridine rings is 5. The molecular formula is C99H116N24O5. The van der Waals surface area contributed by atoms with Gasteiger partial charge in [0.1, 0.15) is 45.3 Å². The standard InChI is InChI=1S/C26H30N6O.C25H30N6O.C24H28N6O2.C24H28N6O/c1-16-11-20(19-7-9-30(10-8-19)21-5-4-6-21)15-31-25(33)13-22(28-26(16)31)23-12-24-18(3)27-17(2)14-32(24)29-23;1-5-19-11-20(15-30-13-17(3)26-25(19)30)22-12-24(32)31-16-21(7-8-23(31)27-22)29-10-9-28(6-2)18(4)14-29;1-15-10-19(18-4-6-28(7-5-18)8-9-31)14-29-23(32)12-20(26-24(15)29)21-11-22-17(3)25-16(2)13-30(22)27-21;1-5-28-8-6-18(7-9-28)19-10-15(2)24-26-20(12-23(31)29(24)14-19)21-11-22-17(4)25-16(3)13-30(22)27-21/h11-15,19,21H,4-10H2,1-3H3;7-8,11-13,15-16,18H,5-6,9-10,14H2,1-4H3;10-14,18,31H,4-9H2,1-3H3;10-14,18H,5-9H2,1-4H3/t;18-;;/m.1../s1. The molecule has 1 aliphatic carbocycles. The average Bonchev–Trinajstić information content (AvgIpc) is 1.48. The molecule has 0 bridgehead atoms. The summed E-state index contributed by atoms with van der Waals surface area (Å²) in [6, 6.07) is 26.3. The zero-order valence-electron chi connectivity index (χ0n) is 76.2. The van der Waals surface area contributed by atoms with Gasteiger partial charge in [0.15, 0.2) is 0 Å². The molecule has 4 saturated heterocycles. The summed E-state index contributed by atoms with van der Waals surface area (Å²) in [4.78, 5) is 102. The van der Waals surface area contributed by atoms with E-state index < -0.39 is 0 Å². The summed E-state index contributed by atoms with van der Waals surface area (Å²) >= 11 is 0. The van der Waals surface area contributed by atoms with Crippen molar-refractivity contribution in [2.75, 3.05) is 90.0 Å². The van der Waals surface area contributed by atoms with Crippen LogP contribution in [0.5, 0.6) is 0 Å². The summed E-state index contributed by atoms with van der Waals surface area (Å²) in [7, 11) is 0. The number of imidazole rings is 1. The van der Waals surface area contributed by atoms with E-state index >= 15 is 0 Å². The van der Waals surface area contributed by atoms with Crippen molar-refractivity contribution in [3.63, 3.8) is 0 Å². The van der Waals surface area contributed by atoms with Gasteiger partial charge in [-0.2, -0.15) is 15.3 Å². The van der Waals surface area contributed by atoms with Crippen LogP contribution in [0.15, 0.2) is 154 Å². The van der Waals surface area contributed by atoms with E-state index in [4.69, 9.17) is 25.0 Å². The number of aliphatic hydroxyl groups is 1. The number of hydrogen-bond acceptors (Lipinski definition) is 21. The molecule has 0 aromatic carbocycles. The number of aliphatic hydroxyl groups excluding tert-OH is 1. The van der Waals surface area contributed by atoms with Crippen molar-refractivity contribution in [2.24, 2.45) is 0 Å². The van der Waals surface area contributed by atoms with Crippen molar-refractivity contribution in [2.45, 2.75) is 191 Å². The second-order valence-electron chi connectivity index (χ2n) is 36.1. The fourth-order valence-corrected chi connectivity index (χ4v) is 19.9. The Morgan fingerprint density at radius 3 is 1.25 bits per heavy atom. The molecule has 0 spiro atoms. The van der Waals surface area contributed by atoms with Gasteiger partial charge in [-0.1, -0.05) is 45.4 Å². The third-order valence-corrected chi connectivity index (χ3v) is 27.1. The molecule has 0 radical (unpaired) electrons. The first kappa shape index (κ1) is 86.3. The van der Waals surface area contributed by atoms with E-state index in [1.165, 1.54) is 49.0 Å². The van der Waals surface area contributed by atoms with Crippen LogP contribution in [0.25, 0.3) is 90.2 Å². The number of fused-ring (bicyclic) bond motifs is 8. The number of likely N-dealkylation sites (N-methyl/N-ethyl adjacent to an activating group) is 1. The predicted octanol–water partition coefficient (Wildman–Crippen LogP) is 13.5. The number of piperidine rings is 3. The lowest BCUT2D eigenvalue weighted by Gasteiger charge is -2.42. The zero-order chi connectivity index (χ0) is 89.2. The summed E-state index contributed by atoms with van der Waals surface area (Å²) in [5, 5.41) is 23.1. The Bertz CT molecular complexity index is 7180. The third kappa shape index (κ3) is 17.5. The predicted molar refractivity (Wildman–Crippen MR) is 502 cm³/mol. The number of aromatic nitrogens is 19. The first-order valence-electron chi connectivity index (χ1n) is 45.7. The Balaban J connectivity index is 0.000000115. The van der Waals surface area contributed by atoms with Crippen LogP contribution in [0.2, 0.25) is 0 Å². The summed E-state index contributed by atoms with van der Waals surface area (Å²) in [6.07, 6.45) is 29.2. The van der Waals surface area contributed by atoms with Crippen LogP contribution >= 0.6 is 0 Å². The van der Waals surface area contributed by atoms with Gasteiger partial charge < -0.3 is 29.1 Å². The molecule has 1 N–H and O–H groups in total. The molecule has 29 nitrogen and oxygen atoms in total. The molecule has 0 unspecified atom stereocenters. The summed E-state index contributed by atoms with van der Waals surface area (Å²) in [6.45, 7) is 41.2. The number of β-amino-alcohol motifs (C(OH)–C–C–N with tert-alkyl or cyclic N) is 1. The van der Waals surface area contributed by atoms with Crippen LogP contribution in [0, 0.1) is 69.2 Å². The van der Waals surface area contributed by atoms with Crippen molar-refractivity contribution in [3.05, 3.63) is 255 Å². The molecular weight excluding hydrogens is 1610 g/mol. The monoisotopic (exact) mass is 1720 g/mol. The summed E-state index contributed by atoms with van der Waals surface area (Å²) < 4.78 is 14.2. The molecule has 20 heterocycles. The molecule has 4 aliphatic heterocycles. The highest BCUT2D eigenvalue weighted by molar-refractivity contribution is 5.71. The van der Waals surface area contributed by atoms with Gasteiger partial charge in [0.2, 0.25) is 0 Å². The maximum atomic E-state index is 13.2. The molecule has 128 heavy (non-hydrogen) atoms. The van der Waals surface area contributed by atoms with Gasteiger partial charge in [-0.3, -0.25) is 56.6 Å². The van der Waals surface area contributed by atoms with Gasteiger partial charge in [-0.25, -0.2) is 38.5 Å². The van der Waals surface area contributed by atoms with E-state index in [1.54, 1.807) is 46.4 Å². The number of hydrogen-bond donors (Lipinski definition) is 1. The lowest BCUT2D eigenvalue weighted by molar-refractivity contribution is 0.0975. The number of likely N-dealkylation sites (tertiary alicyclic amines) is 3. The average molecular weight is 1720 g/mol. The van der Waals surface area contributed by atoms with Crippen molar-refractivity contribution in [1.82, 2.24) is 110 Å². The largest absolute Gasteiger partial charge is 0.395 e. The van der Waals surface area contributed by atoms with E-state index in [-0.39, 0.29) is 28.8 Å². The minimum absolute atomic E-state index is 0.0602. The maximum Gasteiger partial charge on any atom is 0.258 e. The topological polar surface area (TPSA) is 282 Å². The molecule has 21 rings (SSSR count).